The van der Waals surface area contributed by atoms with Gasteiger partial charge >= 0.3 is 0 Å². The first-order chi connectivity index (χ1) is 28.4. The van der Waals surface area contributed by atoms with E-state index >= 15 is 0 Å². The number of nitrogens with zero attached hydrogens (tertiary/aromatic N) is 3. The molecule has 7 aromatic carbocycles. The molecule has 1 N–H and O–H groups in total. The van der Waals surface area contributed by atoms with Crippen molar-refractivity contribution in [3.8, 4) is 5.69 Å². The van der Waals surface area contributed by atoms with Crippen molar-refractivity contribution in [2.45, 2.75) is 32.1 Å². The maximum atomic E-state index is 8.77. The molecule has 0 amide bonds. The van der Waals surface area contributed by atoms with Crippen LogP contribution in [0.1, 0.15) is 59.2 Å². The van der Waals surface area contributed by atoms with Crippen LogP contribution in [0, 0.1) is 5.41 Å². The second kappa shape index (κ2) is 15.8. The Hall–Kier alpha value is -7.17. The Morgan fingerprint density at radius 3 is 2.09 bits per heavy atom. The molecule has 9 rings (SSSR count). The van der Waals surface area contributed by atoms with Crippen LogP contribution in [0.5, 0.6) is 0 Å². The van der Waals surface area contributed by atoms with Crippen LogP contribution in [0.2, 0.25) is 0 Å². The van der Waals surface area contributed by atoms with Crippen LogP contribution in [0.4, 0.5) is 0 Å². The van der Waals surface area contributed by atoms with Crippen molar-refractivity contribution >= 4 is 45.3 Å². The molecule has 1 aliphatic carbocycles. The number of hydrogen-bond donors (Lipinski definition) is 1. The molecule has 0 saturated heterocycles. The summed E-state index contributed by atoms with van der Waals surface area (Å²) >= 11 is 0. The predicted octanol–water partition coefficient (Wildman–Crippen LogP) is 13.0. The lowest BCUT2D eigenvalue weighted by molar-refractivity contribution is 0.563. The molecule has 1 unspecified atom stereocenters. The van der Waals surface area contributed by atoms with Crippen molar-refractivity contribution in [1.29, 1.82) is 5.41 Å². The zero-order valence-corrected chi connectivity index (χ0v) is 32.8. The van der Waals surface area contributed by atoms with Crippen LogP contribution in [0.3, 0.4) is 0 Å². The van der Waals surface area contributed by atoms with Gasteiger partial charge in [-0.15, -0.1) is 0 Å². The molecule has 0 radical (unpaired) electrons. The molecule has 1 aliphatic rings. The van der Waals surface area contributed by atoms with Gasteiger partial charge in [0.25, 0.3) is 0 Å². The van der Waals surface area contributed by atoms with Crippen molar-refractivity contribution in [3.63, 3.8) is 0 Å². The zero-order chi connectivity index (χ0) is 39.5. The van der Waals surface area contributed by atoms with Gasteiger partial charge in [-0.1, -0.05) is 164 Å². The molecule has 0 spiro atoms. The minimum atomic E-state index is -0.132. The molecule has 58 heavy (non-hydrogen) atoms. The summed E-state index contributed by atoms with van der Waals surface area (Å²) in [5.74, 6) is 0.648. The van der Waals surface area contributed by atoms with E-state index in [1.54, 1.807) is 6.21 Å². The highest BCUT2D eigenvalue weighted by Gasteiger charge is 2.34. The topological polar surface area (TPSA) is 53.5 Å². The third-order valence-corrected chi connectivity index (χ3v) is 11.6. The largest absolute Gasteiger partial charge is 0.309 e. The number of fused-ring (bicyclic) bond motifs is 3. The number of rotatable bonds is 8. The minimum absolute atomic E-state index is 0.132. The highest BCUT2D eigenvalue weighted by atomic mass is 15.0. The second-order valence-corrected chi connectivity index (χ2v) is 15.3. The molecule has 1 heterocycles. The summed E-state index contributed by atoms with van der Waals surface area (Å²) in [6, 6.07) is 63.3. The monoisotopic (exact) mass is 748 g/mol. The molecule has 8 aromatic rings. The molecular weight excluding hydrogens is 705 g/mol. The van der Waals surface area contributed by atoms with Gasteiger partial charge in [0.1, 0.15) is 0 Å². The summed E-state index contributed by atoms with van der Waals surface area (Å²) in [5.41, 5.74) is 13.8. The number of hydrogen-bond acceptors (Lipinski definition) is 1. The van der Waals surface area contributed by atoms with Gasteiger partial charge in [-0.3, -0.25) is 5.41 Å². The normalized spacial score (nSPS) is 15.8. The number of allylic oxidation sites excluding steroid dienone is 4. The number of para-hydroxylation sites is 1. The predicted molar refractivity (Wildman–Crippen MR) is 244 cm³/mol. The Kier molecular flexibility index (Phi) is 9.91. The summed E-state index contributed by atoms with van der Waals surface area (Å²) in [4.78, 5) is 9.52. The molecule has 280 valence electrons. The van der Waals surface area contributed by atoms with E-state index in [2.05, 4.69) is 152 Å². The quantitative estimate of drug-likeness (QED) is 0.119. The molecule has 4 heteroatoms. The average molecular weight is 749 g/mol. The van der Waals surface area contributed by atoms with E-state index < -0.39 is 0 Å². The van der Waals surface area contributed by atoms with Crippen LogP contribution in [0.15, 0.2) is 210 Å². The lowest BCUT2D eigenvalue weighted by Gasteiger charge is -2.37. The smallest absolute Gasteiger partial charge is 0.161 e. The van der Waals surface area contributed by atoms with Crippen molar-refractivity contribution in [2.75, 3.05) is 0 Å². The first kappa shape index (κ1) is 36.5. The highest BCUT2D eigenvalue weighted by molar-refractivity contribution is 6.14. The Balaban J connectivity index is 1.06. The second-order valence-electron chi connectivity index (χ2n) is 15.3. The van der Waals surface area contributed by atoms with Gasteiger partial charge < -0.3 is 4.57 Å². The Bertz CT molecular complexity index is 2900. The maximum absolute atomic E-state index is 8.77. The summed E-state index contributed by atoms with van der Waals surface area (Å²) in [6.45, 7) is 4.70. The lowest BCUT2D eigenvalue weighted by Crippen LogP contribution is -2.27. The number of amidine groups is 2. The van der Waals surface area contributed by atoms with E-state index in [-0.39, 0.29) is 11.3 Å². The van der Waals surface area contributed by atoms with Crippen molar-refractivity contribution in [3.05, 3.63) is 239 Å². The SMILES string of the molecule is CC1=CC=C(c2ccc3c(c2)c2ccccc2n3-c2ccc(C(N=Cc3ccccc3)=NC(=N)c3ccccc3)cc2)CC1(C)c1ccccc1Cc1ccccc1. The maximum Gasteiger partial charge on any atom is 0.161 e. The molecule has 0 fully saturated rings. The molecule has 0 aliphatic heterocycles. The first-order valence-electron chi connectivity index (χ1n) is 19.9. The number of nitrogens with one attached hydrogen (secondary N) is 1. The van der Waals surface area contributed by atoms with E-state index in [0.29, 0.717) is 5.84 Å². The average Bonchev–Trinajstić information content (AvgIpc) is 3.61. The molecular formula is C54H44N4. The standard InChI is InChI=1S/C54H44N4/c1-38-26-27-45(36-54(38,2)49-24-14-12-22-44(49)34-39-16-6-3-7-17-39)43-30-33-51-48(35-43)47-23-13-15-25-50(47)58(51)46-31-28-42(29-32-46)53(56-37-40-18-8-4-9-19-40)57-52(55)41-20-10-5-11-21-41/h3-33,35,37,55H,34,36H2,1-2H3. The summed E-state index contributed by atoms with van der Waals surface area (Å²) < 4.78 is 2.34. The van der Waals surface area contributed by atoms with Gasteiger partial charge in [0.05, 0.1) is 11.0 Å². The van der Waals surface area contributed by atoms with Gasteiger partial charge in [0.2, 0.25) is 0 Å². The van der Waals surface area contributed by atoms with Gasteiger partial charge in [-0.2, -0.15) is 0 Å². The lowest BCUT2D eigenvalue weighted by atomic mass is 9.67. The minimum Gasteiger partial charge on any atom is -0.309 e. The third kappa shape index (κ3) is 7.17. The van der Waals surface area contributed by atoms with E-state index in [4.69, 9.17) is 15.4 Å². The molecule has 1 aromatic heterocycles. The number of aromatic nitrogens is 1. The van der Waals surface area contributed by atoms with Gasteiger partial charge in [-0.05, 0) is 95.6 Å². The fraction of sp³-hybridized carbons (Fsp3) is 0.0926. The van der Waals surface area contributed by atoms with E-state index in [1.807, 2.05) is 60.7 Å². The molecule has 4 nitrogen and oxygen atoms in total. The summed E-state index contributed by atoms with van der Waals surface area (Å²) in [5, 5.41) is 11.2. The number of aliphatic imine (C=N–C) groups is 2. The van der Waals surface area contributed by atoms with Crippen molar-refractivity contribution in [2.24, 2.45) is 9.98 Å². The van der Waals surface area contributed by atoms with Gasteiger partial charge in [0, 0.05) is 39.2 Å². The van der Waals surface area contributed by atoms with E-state index in [0.717, 1.165) is 46.3 Å². The Morgan fingerprint density at radius 2 is 1.31 bits per heavy atom. The molecule has 0 saturated carbocycles. The van der Waals surface area contributed by atoms with E-state index in [1.165, 1.54) is 44.2 Å². The van der Waals surface area contributed by atoms with Crippen LogP contribution >= 0.6 is 0 Å². The van der Waals surface area contributed by atoms with Crippen LogP contribution in [-0.4, -0.2) is 22.5 Å². The van der Waals surface area contributed by atoms with Gasteiger partial charge in [0.15, 0.2) is 11.7 Å². The Labute approximate surface area is 340 Å². The third-order valence-electron chi connectivity index (χ3n) is 11.6. The molecule has 0 bridgehead atoms. The fourth-order valence-electron chi connectivity index (χ4n) is 8.34. The summed E-state index contributed by atoms with van der Waals surface area (Å²) in [6.07, 6.45) is 8.30. The highest BCUT2D eigenvalue weighted by Crippen LogP contribution is 2.45. The van der Waals surface area contributed by atoms with Crippen molar-refractivity contribution < 1.29 is 0 Å². The van der Waals surface area contributed by atoms with Gasteiger partial charge in [-0.25, -0.2) is 9.98 Å². The zero-order valence-electron chi connectivity index (χ0n) is 32.8. The summed E-state index contributed by atoms with van der Waals surface area (Å²) in [7, 11) is 0. The van der Waals surface area contributed by atoms with E-state index in [9.17, 15) is 0 Å². The van der Waals surface area contributed by atoms with Crippen LogP contribution < -0.4 is 0 Å². The number of benzene rings is 7. The Morgan fingerprint density at radius 1 is 0.655 bits per heavy atom. The first-order valence-corrected chi connectivity index (χ1v) is 19.9. The van der Waals surface area contributed by atoms with Crippen LogP contribution in [-0.2, 0) is 11.8 Å². The molecule has 1 atom stereocenters. The van der Waals surface area contributed by atoms with Crippen molar-refractivity contribution in [1.82, 2.24) is 4.57 Å². The fourth-order valence-corrected chi connectivity index (χ4v) is 8.34. The van der Waals surface area contributed by atoms with Crippen LogP contribution in [0.25, 0.3) is 33.1 Å².